The van der Waals surface area contributed by atoms with Crippen LogP contribution in [0, 0.1) is 0 Å². The Morgan fingerprint density at radius 2 is 1.15 bits per heavy atom. The van der Waals surface area contributed by atoms with Crippen LogP contribution in [0.15, 0.2) is 216 Å². The highest BCUT2D eigenvalue weighted by Gasteiger charge is 2.51. The maximum atomic E-state index is 7.38. The zero-order valence-corrected chi connectivity index (χ0v) is 39.3. The van der Waals surface area contributed by atoms with Crippen molar-refractivity contribution in [1.29, 1.82) is 0 Å². The number of aromatic nitrogens is 1. The fourth-order valence-corrected chi connectivity index (χ4v) is 12.6. The minimum absolute atomic E-state index is 0.0946. The van der Waals surface area contributed by atoms with E-state index < -0.39 is 5.41 Å². The van der Waals surface area contributed by atoms with Crippen molar-refractivity contribution >= 4 is 56.0 Å². The highest BCUT2D eigenvalue weighted by Crippen LogP contribution is 2.62. The van der Waals surface area contributed by atoms with Crippen LogP contribution in [0.1, 0.15) is 70.0 Å². The smallest absolute Gasteiger partial charge is 0.132 e. The van der Waals surface area contributed by atoms with Gasteiger partial charge in [0.1, 0.15) is 11.5 Å². The second-order valence-electron chi connectivity index (χ2n) is 18.7. The first-order valence-corrected chi connectivity index (χ1v) is 24.2. The molecule has 4 heteroatoms. The van der Waals surface area contributed by atoms with Gasteiger partial charge in [0.2, 0.25) is 0 Å². The summed E-state index contributed by atoms with van der Waals surface area (Å²) in [5.41, 5.74) is 27.5. The van der Waals surface area contributed by atoms with Gasteiger partial charge in [-0.25, -0.2) is 0 Å². The fourth-order valence-electron chi connectivity index (χ4n) is 11.8. The predicted octanol–water partition coefficient (Wildman–Crippen LogP) is 16.1. The summed E-state index contributed by atoms with van der Waals surface area (Å²) in [4.78, 5) is 0. The Bertz CT molecular complexity index is 3680. The summed E-state index contributed by atoms with van der Waals surface area (Å²) in [5.74, 6) is 1.80. The molecule has 3 nitrogen and oxygen atoms in total. The van der Waals surface area contributed by atoms with Crippen molar-refractivity contribution in [1.82, 2.24) is 4.57 Å². The molecule has 0 saturated carbocycles. The molecular weight excluding hydrogens is 928 g/mol. The van der Waals surface area contributed by atoms with Crippen LogP contribution in [-0.4, -0.2) is 4.57 Å². The molecular formula is C63H45IN2O. The highest BCUT2D eigenvalue weighted by atomic mass is 127. The standard InChI is InChI=1S/C63H45IN2O/c1-62(2)48-23-11-10-22-44(48)60-53(62)33-34-56-61(60)45-31-30-41(37-57(45)66(56)42-19-7-4-8-20-42)55(65)38-46(40-17-5-3-6-18-40)54(64)36-39-29-32-50-47(35-39)43-21-9-12-24-49(43)63(50)51-25-13-15-27-58(51)67-59-28-16-14-26-52(59)63/h3-38,55H,65H2,1-2H3/b46-38-,54-36-. The molecule has 0 bridgehead atoms. The summed E-state index contributed by atoms with van der Waals surface area (Å²) in [6.07, 6.45) is 4.55. The quantitative estimate of drug-likeness (QED) is 0.133. The molecule has 1 unspecified atom stereocenters. The van der Waals surface area contributed by atoms with Gasteiger partial charge in [-0.1, -0.05) is 184 Å². The molecule has 2 N–H and O–H groups in total. The Balaban J connectivity index is 0.946. The van der Waals surface area contributed by atoms with E-state index in [4.69, 9.17) is 10.5 Å². The van der Waals surface area contributed by atoms with Crippen molar-refractivity contribution in [3.63, 3.8) is 0 Å². The number of benzene rings is 9. The van der Waals surface area contributed by atoms with Crippen LogP contribution >= 0.6 is 22.6 Å². The van der Waals surface area contributed by atoms with E-state index in [0.29, 0.717) is 0 Å². The van der Waals surface area contributed by atoms with Gasteiger partial charge in [0.15, 0.2) is 0 Å². The Morgan fingerprint density at radius 1 is 0.552 bits per heavy atom. The van der Waals surface area contributed by atoms with Crippen LogP contribution in [0.2, 0.25) is 0 Å². The van der Waals surface area contributed by atoms with Crippen molar-refractivity contribution in [2.75, 3.05) is 0 Å². The number of allylic oxidation sites excluding steroid dienone is 2. The molecule has 3 aliphatic rings. The molecule has 67 heavy (non-hydrogen) atoms. The van der Waals surface area contributed by atoms with Gasteiger partial charge in [-0.3, -0.25) is 0 Å². The van der Waals surface area contributed by atoms with Crippen molar-refractivity contribution in [3.8, 4) is 39.4 Å². The number of hydrogen-bond donors (Lipinski definition) is 1. The average molecular weight is 973 g/mol. The van der Waals surface area contributed by atoms with Crippen LogP contribution in [0.5, 0.6) is 11.5 Å². The molecule has 10 aromatic rings. The SMILES string of the molecule is CC1(C)c2ccccc2-c2c1ccc1c2c2ccc(C(N)/C=C(\C(I)=C\c3ccc4c(c3)-c3ccccc3C43c4ccccc4Oc4ccccc43)c3ccccc3)cc2n1-c1ccccc1. The Labute approximate surface area is 404 Å². The van der Waals surface area contributed by atoms with Crippen LogP contribution in [0.25, 0.3) is 61.4 Å². The zero-order chi connectivity index (χ0) is 45.0. The van der Waals surface area contributed by atoms with E-state index in [2.05, 4.69) is 259 Å². The Morgan fingerprint density at radius 3 is 1.88 bits per heavy atom. The third-order valence-electron chi connectivity index (χ3n) is 14.8. The molecule has 0 amide bonds. The van der Waals surface area contributed by atoms with E-state index in [9.17, 15) is 0 Å². The van der Waals surface area contributed by atoms with E-state index in [1.54, 1.807) is 0 Å². The lowest BCUT2D eigenvalue weighted by atomic mass is 9.66. The fraction of sp³-hybridized carbons (Fsp3) is 0.0794. The third kappa shape index (κ3) is 5.86. The topological polar surface area (TPSA) is 40.2 Å². The number of rotatable bonds is 6. The van der Waals surface area contributed by atoms with Gasteiger partial charge in [0, 0.05) is 42.6 Å². The number of nitrogens with zero attached hydrogens (tertiary/aromatic N) is 1. The summed E-state index contributed by atoms with van der Waals surface area (Å²) in [5, 5.41) is 2.52. The third-order valence-corrected chi connectivity index (χ3v) is 15.6. The summed E-state index contributed by atoms with van der Waals surface area (Å²) < 4.78 is 10.1. The van der Waals surface area contributed by atoms with Gasteiger partial charge in [-0.2, -0.15) is 0 Å². The van der Waals surface area contributed by atoms with E-state index in [1.807, 2.05) is 0 Å². The van der Waals surface area contributed by atoms with E-state index >= 15 is 0 Å². The van der Waals surface area contributed by atoms with Crippen molar-refractivity contribution in [3.05, 3.63) is 266 Å². The lowest BCUT2D eigenvalue weighted by Gasteiger charge is -2.39. The van der Waals surface area contributed by atoms with Crippen LogP contribution in [0.3, 0.4) is 0 Å². The molecule has 0 fully saturated rings. The first kappa shape index (κ1) is 40.1. The van der Waals surface area contributed by atoms with E-state index in [0.717, 1.165) is 48.5 Å². The molecule has 320 valence electrons. The average Bonchev–Trinajstić information content (AvgIpc) is 3.94. The van der Waals surface area contributed by atoms with Crippen molar-refractivity contribution in [2.24, 2.45) is 5.73 Å². The summed E-state index contributed by atoms with van der Waals surface area (Å²) in [6, 6.07) is 74.5. The van der Waals surface area contributed by atoms with Crippen LogP contribution in [0.4, 0.5) is 0 Å². The highest BCUT2D eigenvalue weighted by molar-refractivity contribution is 14.1. The van der Waals surface area contributed by atoms with Gasteiger partial charge in [-0.05, 0) is 138 Å². The number of fused-ring (bicyclic) bond motifs is 16. The molecule has 1 aliphatic heterocycles. The summed E-state index contributed by atoms with van der Waals surface area (Å²) >= 11 is 2.52. The number of para-hydroxylation sites is 3. The van der Waals surface area contributed by atoms with Gasteiger partial charge < -0.3 is 15.0 Å². The minimum atomic E-state index is -0.497. The molecule has 0 saturated heterocycles. The van der Waals surface area contributed by atoms with Gasteiger partial charge in [-0.15, -0.1) is 0 Å². The van der Waals surface area contributed by atoms with Gasteiger partial charge >= 0.3 is 0 Å². The lowest BCUT2D eigenvalue weighted by Crippen LogP contribution is -2.32. The van der Waals surface area contributed by atoms with Crippen LogP contribution in [-0.2, 0) is 10.8 Å². The number of halogens is 1. The number of nitrogens with two attached hydrogens (primary N) is 1. The van der Waals surface area contributed by atoms with Crippen molar-refractivity contribution < 1.29 is 4.74 Å². The summed E-state index contributed by atoms with van der Waals surface area (Å²) in [7, 11) is 0. The molecule has 13 rings (SSSR count). The minimum Gasteiger partial charge on any atom is -0.457 e. The maximum absolute atomic E-state index is 7.38. The normalized spacial score (nSPS) is 15.3. The van der Waals surface area contributed by atoms with E-state index in [1.165, 1.54) is 71.9 Å². The number of hydrogen-bond acceptors (Lipinski definition) is 2. The molecule has 0 radical (unpaired) electrons. The molecule has 2 heterocycles. The monoisotopic (exact) mass is 972 g/mol. The molecule has 1 atom stereocenters. The second-order valence-corrected chi connectivity index (χ2v) is 19.8. The first-order valence-electron chi connectivity index (χ1n) is 23.1. The van der Waals surface area contributed by atoms with Gasteiger partial charge in [0.25, 0.3) is 0 Å². The van der Waals surface area contributed by atoms with Crippen molar-refractivity contribution in [2.45, 2.75) is 30.7 Å². The Hall–Kier alpha value is -7.25. The molecule has 2 aliphatic carbocycles. The predicted molar refractivity (Wildman–Crippen MR) is 286 cm³/mol. The first-order chi connectivity index (χ1) is 32.8. The lowest BCUT2D eigenvalue weighted by molar-refractivity contribution is 0.436. The molecule has 1 aromatic heterocycles. The number of ether oxygens (including phenoxy) is 1. The largest absolute Gasteiger partial charge is 0.457 e. The summed E-state index contributed by atoms with van der Waals surface area (Å²) in [6.45, 7) is 4.71. The maximum Gasteiger partial charge on any atom is 0.132 e. The van der Waals surface area contributed by atoms with E-state index in [-0.39, 0.29) is 11.5 Å². The molecule has 9 aromatic carbocycles. The van der Waals surface area contributed by atoms with Crippen LogP contribution < -0.4 is 10.5 Å². The zero-order valence-electron chi connectivity index (χ0n) is 37.2. The second kappa shape index (κ2) is 15.1. The van der Waals surface area contributed by atoms with Gasteiger partial charge in [0.05, 0.1) is 16.4 Å². The Kier molecular flexibility index (Phi) is 9.05. The molecule has 1 spiro atoms.